The number of carbonyl (C=O) groups excluding carboxylic acids is 1. The van der Waals surface area contributed by atoms with Crippen molar-refractivity contribution in [3.8, 4) is 0 Å². The van der Waals surface area contributed by atoms with Gasteiger partial charge in [-0.25, -0.2) is 0 Å². The molecule has 25 heavy (non-hydrogen) atoms. The maximum absolute atomic E-state index is 11.9. The van der Waals surface area contributed by atoms with E-state index in [2.05, 4.69) is 13.8 Å². The lowest BCUT2D eigenvalue weighted by molar-refractivity contribution is -0.114. The van der Waals surface area contributed by atoms with E-state index in [9.17, 15) is 9.90 Å². The van der Waals surface area contributed by atoms with Gasteiger partial charge in [0.15, 0.2) is 5.78 Å². The molecule has 0 heterocycles. The second-order valence-corrected chi connectivity index (χ2v) is 9.32. The minimum Gasteiger partial charge on any atom is -0.393 e. The molecule has 0 amide bonds. The van der Waals surface area contributed by atoms with Crippen LogP contribution in [0.15, 0.2) is 22.8 Å². The first-order chi connectivity index (χ1) is 12.0. The predicted octanol–water partition coefficient (Wildman–Crippen LogP) is 5.36. The summed E-state index contributed by atoms with van der Waals surface area (Å²) in [6.45, 7) is 4.65. The number of allylic oxidation sites excluding steroid dienone is 4. The van der Waals surface area contributed by atoms with E-state index < -0.39 is 0 Å². The number of carbonyl (C=O) groups is 1. The van der Waals surface area contributed by atoms with E-state index in [1.54, 1.807) is 11.1 Å². The normalized spacial score (nSPS) is 40.4. The molecular formula is C23H34O2. The number of rotatable bonds is 4. The molecule has 2 heteroatoms. The van der Waals surface area contributed by atoms with Crippen molar-refractivity contribution < 1.29 is 9.90 Å². The number of fused-ring (bicyclic) bond motifs is 4. The summed E-state index contributed by atoms with van der Waals surface area (Å²) in [7, 11) is 0. The molecule has 0 bridgehead atoms. The van der Waals surface area contributed by atoms with Crippen molar-refractivity contribution in [3.63, 3.8) is 0 Å². The molecule has 4 rings (SSSR count). The fourth-order valence-corrected chi connectivity index (χ4v) is 6.70. The fourth-order valence-electron chi connectivity index (χ4n) is 6.70. The van der Waals surface area contributed by atoms with Gasteiger partial charge in [0.25, 0.3) is 0 Å². The highest BCUT2D eigenvalue weighted by atomic mass is 16.3. The van der Waals surface area contributed by atoms with Crippen molar-refractivity contribution >= 4 is 5.78 Å². The lowest BCUT2D eigenvalue weighted by Crippen LogP contribution is -2.45. The molecule has 0 aromatic carbocycles. The number of hydrogen-bond acceptors (Lipinski definition) is 2. The molecular weight excluding hydrogens is 308 g/mol. The van der Waals surface area contributed by atoms with Gasteiger partial charge in [0.1, 0.15) is 0 Å². The molecule has 4 aliphatic carbocycles. The Morgan fingerprint density at radius 1 is 1.16 bits per heavy atom. The highest BCUT2D eigenvalue weighted by Gasteiger charge is 2.55. The zero-order valence-corrected chi connectivity index (χ0v) is 16.0. The minimum atomic E-state index is -0.109. The molecule has 4 aliphatic rings. The summed E-state index contributed by atoms with van der Waals surface area (Å²) >= 11 is 0. The summed E-state index contributed by atoms with van der Waals surface area (Å²) in [6.07, 6.45) is 14.3. The first-order valence-electron chi connectivity index (χ1n) is 10.7. The van der Waals surface area contributed by atoms with Gasteiger partial charge in [0, 0.05) is 6.42 Å². The summed E-state index contributed by atoms with van der Waals surface area (Å²) in [5.74, 6) is 2.30. The van der Waals surface area contributed by atoms with Crippen molar-refractivity contribution in [2.75, 3.05) is 0 Å². The van der Waals surface area contributed by atoms with E-state index >= 15 is 0 Å². The average molecular weight is 343 g/mol. The lowest BCUT2D eigenvalue weighted by atomic mass is 9.53. The molecule has 2 saturated carbocycles. The molecule has 0 spiro atoms. The standard InChI is InChI=1S/C23H34O2/c1-3-4-5-6-16-14-23(2)20(11-12-21(23)25)19-9-7-15-13-17(24)8-10-18(15)22(16)19/h13,16,19-21,25H,3-12,14H2,1-2H3/t16-,19-,20-,21-,23-/m0/s1. The Kier molecular flexibility index (Phi) is 4.68. The zero-order chi connectivity index (χ0) is 17.6. The van der Waals surface area contributed by atoms with E-state index in [4.69, 9.17) is 0 Å². The number of unbranched alkanes of at least 4 members (excludes halogenated alkanes) is 2. The lowest BCUT2D eigenvalue weighted by Gasteiger charge is -2.52. The van der Waals surface area contributed by atoms with Crippen LogP contribution in [-0.2, 0) is 4.79 Å². The summed E-state index contributed by atoms with van der Waals surface area (Å²) in [4.78, 5) is 11.9. The Balaban J connectivity index is 1.73. The Morgan fingerprint density at radius 2 is 2.00 bits per heavy atom. The van der Waals surface area contributed by atoms with E-state index in [-0.39, 0.29) is 11.5 Å². The molecule has 0 aromatic rings. The van der Waals surface area contributed by atoms with Crippen LogP contribution in [-0.4, -0.2) is 17.0 Å². The number of ketones is 1. The molecule has 1 N–H and O–H groups in total. The van der Waals surface area contributed by atoms with Crippen LogP contribution in [0.25, 0.3) is 0 Å². The van der Waals surface area contributed by atoms with Crippen molar-refractivity contribution in [1.82, 2.24) is 0 Å². The van der Waals surface area contributed by atoms with Gasteiger partial charge in [0.05, 0.1) is 6.10 Å². The van der Waals surface area contributed by atoms with E-state index in [1.807, 2.05) is 6.08 Å². The summed E-state index contributed by atoms with van der Waals surface area (Å²) in [5.41, 5.74) is 4.79. The van der Waals surface area contributed by atoms with Crippen LogP contribution < -0.4 is 0 Å². The van der Waals surface area contributed by atoms with Gasteiger partial charge in [-0.3, -0.25) is 4.79 Å². The molecule has 5 atom stereocenters. The van der Waals surface area contributed by atoms with Gasteiger partial charge in [-0.05, 0) is 85.3 Å². The maximum atomic E-state index is 11.9. The van der Waals surface area contributed by atoms with Crippen molar-refractivity contribution in [2.45, 2.75) is 90.6 Å². The van der Waals surface area contributed by atoms with E-state index in [1.165, 1.54) is 50.5 Å². The topological polar surface area (TPSA) is 37.3 Å². The second-order valence-electron chi connectivity index (χ2n) is 9.32. The van der Waals surface area contributed by atoms with Crippen LogP contribution in [0.2, 0.25) is 0 Å². The third kappa shape index (κ3) is 2.85. The summed E-state index contributed by atoms with van der Waals surface area (Å²) in [6, 6.07) is 0. The van der Waals surface area contributed by atoms with Gasteiger partial charge < -0.3 is 5.11 Å². The highest BCUT2D eigenvalue weighted by molar-refractivity contribution is 5.93. The molecule has 0 saturated heterocycles. The van der Waals surface area contributed by atoms with Gasteiger partial charge in [-0.15, -0.1) is 0 Å². The minimum absolute atomic E-state index is 0.109. The van der Waals surface area contributed by atoms with Gasteiger partial charge in [-0.2, -0.15) is 0 Å². The third-order valence-electron chi connectivity index (χ3n) is 7.94. The largest absolute Gasteiger partial charge is 0.393 e. The summed E-state index contributed by atoms with van der Waals surface area (Å²) < 4.78 is 0. The Hall–Kier alpha value is -0.890. The molecule has 0 aromatic heterocycles. The van der Waals surface area contributed by atoms with Crippen molar-refractivity contribution in [3.05, 3.63) is 22.8 Å². The first kappa shape index (κ1) is 17.5. The van der Waals surface area contributed by atoms with Crippen molar-refractivity contribution in [2.24, 2.45) is 23.2 Å². The van der Waals surface area contributed by atoms with Crippen LogP contribution in [0.1, 0.15) is 84.5 Å². The predicted molar refractivity (Wildman–Crippen MR) is 101 cm³/mol. The van der Waals surface area contributed by atoms with Gasteiger partial charge in [-0.1, -0.05) is 38.7 Å². The van der Waals surface area contributed by atoms with E-state index in [0.717, 1.165) is 19.3 Å². The first-order valence-corrected chi connectivity index (χ1v) is 10.7. The molecule has 0 aliphatic heterocycles. The number of aliphatic hydroxyl groups excluding tert-OH is 1. The van der Waals surface area contributed by atoms with Gasteiger partial charge in [0.2, 0.25) is 0 Å². The molecule has 2 fully saturated rings. The van der Waals surface area contributed by atoms with E-state index in [0.29, 0.717) is 30.0 Å². The molecule has 2 nitrogen and oxygen atoms in total. The highest BCUT2D eigenvalue weighted by Crippen LogP contribution is 2.62. The van der Waals surface area contributed by atoms with Crippen LogP contribution in [0, 0.1) is 23.2 Å². The summed E-state index contributed by atoms with van der Waals surface area (Å²) in [5, 5.41) is 10.8. The monoisotopic (exact) mass is 342 g/mol. The molecule has 0 unspecified atom stereocenters. The molecule has 138 valence electrons. The average Bonchev–Trinajstić information content (AvgIpc) is 2.89. The third-order valence-corrected chi connectivity index (χ3v) is 7.94. The molecule has 0 radical (unpaired) electrons. The smallest absolute Gasteiger partial charge is 0.156 e. The van der Waals surface area contributed by atoms with Crippen LogP contribution in [0.3, 0.4) is 0 Å². The maximum Gasteiger partial charge on any atom is 0.156 e. The van der Waals surface area contributed by atoms with Crippen LogP contribution in [0.4, 0.5) is 0 Å². The van der Waals surface area contributed by atoms with Crippen LogP contribution in [0.5, 0.6) is 0 Å². The quantitative estimate of drug-likeness (QED) is 0.698. The number of hydrogen-bond donors (Lipinski definition) is 1. The Labute approximate surface area is 152 Å². The van der Waals surface area contributed by atoms with Crippen LogP contribution >= 0.6 is 0 Å². The number of aliphatic hydroxyl groups is 1. The SMILES string of the molecule is CCCCC[C@H]1C[C@]2(C)[C@@H](O)CC[C@H]2[C@@H]2CCC3=CC(=O)CCC3=C12. The Bertz CT molecular complexity index is 614. The van der Waals surface area contributed by atoms with Gasteiger partial charge >= 0.3 is 0 Å². The zero-order valence-electron chi connectivity index (χ0n) is 16.0. The fraction of sp³-hybridized carbons (Fsp3) is 0.783. The second kappa shape index (κ2) is 6.68. The Morgan fingerprint density at radius 3 is 2.80 bits per heavy atom. The van der Waals surface area contributed by atoms with Crippen molar-refractivity contribution in [1.29, 1.82) is 0 Å².